The molecule has 0 saturated carbocycles. The fourth-order valence-corrected chi connectivity index (χ4v) is 2.33. The minimum absolute atomic E-state index is 0.0734. The Morgan fingerprint density at radius 2 is 2.00 bits per heavy atom. The quantitative estimate of drug-likeness (QED) is 0.814. The van der Waals surface area contributed by atoms with E-state index in [0.29, 0.717) is 30.3 Å². The van der Waals surface area contributed by atoms with Crippen LogP contribution in [0.4, 0.5) is 0 Å². The molecule has 2 rings (SSSR count). The van der Waals surface area contributed by atoms with Crippen LogP contribution in [-0.4, -0.2) is 37.7 Å². The van der Waals surface area contributed by atoms with E-state index in [1.807, 2.05) is 13.8 Å². The molecule has 6 nitrogen and oxygen atoms in total. The molecule has 1 aliphatic rings. The molecule has 0 saturated heterocycles. The van der Waals surface area contributed by atoms with Crippen LogP contribution in [0.5, 0.6) is 11.5 Å². The Hall–Kier alpha value is -2.24. The molecule has 23 heavy (non-hydrogen) atoms. The van der Waals surface area contributed by atoms with Crippen LogP contribution in [0.3, 0.4) is 0 Å². The maximum absolute atomic E-state index is 12.0. The molecule has 0 aromatic heterocycles. The zero-order chi connectivity index (χ0) is 16.7. The molecule has 0 aliphatic carbocycles. The number of nitrogens with one attached hydrogen (secondary N) is 1. The summed E-state index contributed by atoms with van der Waals surface area (Å²) in [6.45, 7) is 4.82. The Morgan fingerprint density at radius 3 is 2.74 bits per heavy atom. The summed E-state index contributed by atoms with van der Waals surface area (Å²) in [5.74, 6) is 0.288. The summed E-state index contributed by atoms with van der Waals surface area (Å²) in [5.41, 5.74) is 0.337. The van der Waals surface area contributed by atoms with E-state index in [1.54, 1.807) is 18.2 Å². The minimum Gasteiger partial charge on any atom is -0.490 e. The average molecular weight is 321 g/mol. The molecule has 1 amide bonds. The van der Waals surface area contributed by atoms with Gasteiger partial charge < -0.3 is 19.5 Å². The third-order valence-corrected chi connectivity index (χ3v) is 3.45. The van der Waals surface area contributed by atoms with Crippen molar-refractivity contribution >= 4 is 11.9 Å². The molecule has 126 valence electrons. The van der Waals surface area contributed by atoms with Gasteiger partial charge in [-0.2, -0.15) is 0 Å². The Bertz CT molecular complexity index is 558. The molecule has 0 spiro atoms. The van der Waals surface area contributed by atoms with Crippen LogP contribution < -0.4 is 14.8 Å². The van der Waals surface area contributed by atoms with Crippen LogP contribution in [0.15, 0.2) is 18.2 Å². The number of ether oxygens (including phenoxy) is 3. The first kappa shape index (κ1) is 17.1. The number of hydrogen-bond donors (Lipinski definition) is 1. The molecule has 0 bridgehead atoms. The van der Waals surface area contributed by atoms with Gasteiger partial charge in [0.1, 0.15) is 0 Å². The van der Waals surface area contributed by atoms with Gasteiger partial charge in [0.2, 0.25) is 0 Å². The van der Waals surface area contributed by atoms with E-state index in [1.165, 1.54) is 0 Å². The average Bonchev–Trinajstić information content (AvgIpc) is 2.77. The zero-order valence-corrected chi connectivity index (χ0v) is 13.6. The van der Waals surface area contributed by atoms with Crippen LogP contribution in [0.25, 0.3) is 0 Å². The van der Waals surface area contributed by atoms with E-state index in [0.717, 1.165) is 19.3 Å². The van der Waals surface area contributed by atoms with Gasteiger partial charge in [-0.1, -0.05) is 13.3 Å². The maximum atomic E-state index is 12.0. The second-order valence-electron chi connectivity index (χ2n) is 5.55. The predicted octanol–water partition coefficient (Wildman–Crippen LogP) is 2.31. The third-order valence-electron chi connectivity index (χ3n) is 3.45. The Kier molecular flexibility index (Phi) is 6.26. The zero-order valence-electron chi connectivity index (χ0n) is 13.6. The number of fused-ring (bicyclic) bond motifs is 1. The Labute approximate surface area is 136 Å². The highest BCUT2D eigenvalue weighted by atomic mass is 16.5. The summed E-state index contributed by atoms with van der Waals surface area (Å²) in [5, 5.41) is 2.78. The first-order valence-electron chi connectivity index (χ1n) is 7.96. The van der Waals surface area contributed by atoms with Crippen LogP contribution in [-0.2, 0) is 9.53 Å². The molecule has 1 aromatic rings. The van der Waals surface area contributed by atoms with Gasteiger partial charge in [0.25, 0.3) is 5.91 Å². The molecule has 1 aliphatic heterocycles. The van der Waals surface area contributed by atoms with Gasteiger partial charge in [0.05, 0.1) is 18.8 Å². The van der Waals surface area contributed by atoms with Crippen molar-refractivity contribution in [1.82, 2.24) is 5.32 Å². The second kappa shape index (κ2) is 8.41. The number of rotatable bonds is 6. The molecular weight excluding hydrogens is 298 g/mol. The smallest absolute Gasteiger partial charge is 0.338 e. The molecule has 0 fully saturated rings. The summed E-state index contributed by atoms with van der Waals surface area (Å²) < 4.78 is 16.1. The van der Waals surface area contributed by atoms with Crippen molar-refractivity contribution < 1.29 is 23.8 Å². The van der Waals surface area contributed by atoms with Crippen molar-refractivity contribution in [1.29, 1.82) is 0 Å². The van der Waals surface area contributed by atoms with Gasteiger partial charge in [-0.15, -0.1) is 0 Å². The van der Waals surface area contributed by atoms with Gasteiger partial charge >= 0.3 is 5.97 Å². The van der Waals surface area contributed by atoms with Gasteiger partial charge in [-0.05, 0) is 31.5 Å². The summed E-state index contributed by atoms with van der Waals surface area (Å²) in [6, 6.07) is 4.94. The molecule has 1 aromatic carbocycles. The molecule has 0 radical (unpaired) electrons. The largest absolute Gasteiger partial charge is 0.490 e. The van der Waals surface area contributed by atoms with Crippen molar-refractivity contribution in [3.05, 3.63) is 23.8 Å². The monoisotopic (exact) mass is 321 g/mol. The van der Waals surface area contributed by atoms with Crippen LogP contribution in [0, 0.1) is 0 Å². The van der Waals surface area contributed by atoms with E-state index in [9.17, 15) is 9.59 Å². The minimum atomic E-state index is -0.557. The van der Waals surface area contributed by atoms with E-state index in [2.05, 4.69) is 5.32 Å². The standard InChI is InChI=1S/C17H23NO5/c1-3-5-12(2)18-16(19)11-23-17(20)13-6-7-14-15(10-13)22-9-4-8-21-14/h6-7,10,12H,3-5,8-9,11H2,1-2H3,(H,18,19). The highest BCUT2D eigenvalue weighted by molar-refractivity contribution is 5.92. The summed E-state index contributed by atoms with van der Waals surface area (Å²) >= 11 is 0. The van der Waals surface area contributed by atoms with E-state index in [-0.39, 0.29) is 18.6 Å². The number of esters is 1. The fraction of sp³-hybridized carbons (Fsp3) is 0.529. The third kappa shape index (κ3) is 5.16. The van der Waals surface area contributed by atoms with Crippen molar-refractivity contribution in [2.24, 2.45) is 0 Å². The van der Waals surface area contributed by atoms with Crippen molar-refractivity contribution in [2.75, 3.05) is 19.8 Å². The molecule has 6 heteroatoms. The fourth-order valence-electron chi connectivity index (χ4n) is 2.33. The summed E-state index contributed by atoms with van der Waals surface area (Å²) in [6.07, 6.45) is 2.67. The molecule has 1 N–H and O–H groups in total. The number of benzene rings is 1. The number of carbonyl (C=O) groups is 2. The van der Waals surface area contributed by atoms with Gasteiger partial charge in [0, 0.05) is 12.5 Å². The summed E-state index contributed by atoms with van der Waals surface area (Å²) in [7, 11) is 0. The highest BCUT2D eigenvalue weighted by Crippen LogP contribution is 2.30. The lowest BCUT2D eigenvalue weighted by Crippen LogP contribution is -2.35. The molecule has 1 heterocycles. The van der Waals surface area contributed by atoms with Crippen LogP contribution in [0.1, 0.15) is 43.5 Å². The Morgan fingerprint density at radius 1 is 1.26 bits per heavy atom. The van der Waals surface area contributed by atoms with Crippen molar-refractivity contribution in [3.63, 3.8) is 0 Å². The molecule has 1 atom stereocenters. The number of hydrogen-bond acceptors (Lipinski definition) is 5. The topological polar surface area (TPSA) is 73.9 Å². The number of carbonyl (C=O) groups excluding carboxylic acids is 2. The first-order chi connectivity index (χ1) is 11.1. The normalized spacial score (nSPS) is 14.5. The van der Waals surface area contributed by atoms with Crippen molar-refractivity contribution in [2.45, 2.75) is 39.2 Å². The maximum Gasteiger partial charge on any atom is 0.338 e. The predicted molar refractivity (Wildman–Crippen MR) is 84.8 cm³/mol. The molecular formula is C17H23NO5. The van der Waals surface area contributed by atoms with E-state index in [4.69, 9.17) is 14.2 Å². The second-order valence-corrected chi connectivity index (χ2v) is 5.55. The van der Waals surface area contributed by atoms with Gasteiger partial charge in [-0.25, -0.2) is 4.79 Å². The van der Waals surface area contributed by atoms with E-state index < -0.39 is 5.97 Å². The highest BCUT2D eigenvalue weighted by Gasteiger charge is 2.16. The van der Waals surface area contributed by atoms with Gasteiger partial charge in [0.15, 0.2) is 18.1 Å². The summed E-state index contributed by atoms with van der Waals surface area (Å²) in [4.78, 5) is 23.7. The van der Waals surface area contributed by atoms with Crippen LogP contribution in [0.2, 0.25) is 0 Å². The lowest BCUT2D eigenvalue weighted by Gasteiger charge is -2.13. The molecule has 1 unspecified atom stereocenters. The first-order valence-corrected chi connectivity index (χ1v) is 7.96. The van der Waals surface area contributed by atoms with E-state index >= 15 is 0 Å². The Balaban J connectivity index is 1.88. The lowest BCUT2D eigenvalue weighted by molar-refractivity contribution is -0.124. The number of amides is 1. The SMILES string of the molecule is CCCC(C)NC(=O)COC(=O)c1ccc2c(c1)OCCCO2. The van der Waals surface area contributed by atoms with Crippen LogP contribution >= 0.6 is 0 Å². The lowest BCUT2D eigenvalue weighted by atomic mass is 10.2. The van der Waals surface area contributed by atoms with Crippen molar-refractivity contribution in [3.8, 4) is 11.5 Å². The van der Waals surface area contributed by atoms with Gasteiger partial charge in [-0.3, -0.25) is 4.79 Å².